The minimum atomic E-state index is 0.671. The molecule has 1 aromatic rings. The second-order valence-corrected chi connectivity index (χ2v) is 6.78. The Morgan fingerprint density at radius 1 is 1.37 bits per heavy atom. The predicted molar refractivity (Wildman–Crippen MR) is 78.3 cm³/mol. The molecule has 2 atom stereocenters. The Kier molecular flexibility index (Phi) is 3.66. The van der Waals surface area contributed by atoms with E-state index in [0.717, 1.165) is 18.4 Å². The summed E-state index contributed by atoms with van der Waals surface area (Å²) in [6.07, 6.45) is 8.64. The van der Waals surface area contributed by atoms with Crippen LogP contribution in [0.4, 0.5) is 0 Å². The van der Waals surface area contributed by atoms with Crippen molar-refractivity contribution in [3.63, 3.8) is 0 Å². The number of nitrogens with zero attached hydrogens (tertiary/aromatic N) is 3. The van der Waals surface area contributed by atoms with Gasteiger partial charge < -0.3 is 4.57 Å². The molecule has 3 nitrogen and oxygen atoms in total. The van der Waals surface area contributed by atoms with E-state index in [-0.39, 0.29) is 0 Å². The molecule has 19 heavy (non-hydrogen) atoms. The van der Waals surface area contributed by atoms with Crippen molar-refractivity contribution in [1.82, 2.24) is 14.5 Å². The van der Waals surface area contributed by atoms with Crippen molar-refractivity contribution in [3.8, 4) is 0 Å². The Hall–Kier alpha value is -0.830. The van der Waals surface area contributed by atoms with Gasteiger partial charge in [-0.25, -0.2) is 4.98 Å². The number of rotatable bonds is 3. The van der Waals surface area contributed by atoms with Gasteiger partial charge in [0, 0.05) is 37.7 Å². The number of aromatic nitrogens is 2. The summed E-state index contributed by atoms with van der Waals surface area (Å²) in [7, 11) is 0. The number of imidazole rings is 1. The predicted octanol–water partition coefficient (Wildman–Crippen LogP) is 2.88. The highest BCUT2D eigenvalue weighted by molar-refractivity contribution is 5.09. The zero-order valence-corrected chi connectivity index (χ0v) is 12.6. The van der Waals surface area contributed by atoms with E-state index in [1.165, 1.54) is 50.3 Å². The molecule has 3 heterocycles. The van der Waals surface area contributed by atoms with Gasteiger partial charge >= 0.3 is 0 Å². The van der Waals surface area contributed by atoms with Crippen LogP contribution in [0.3, 0.4) is 0 Å². The Bertz CT molecular complexity index is 435. The second-order valence-electron chi connectivity index (χ2n) is 6.78. The first kappa shape index (κ1) is 13.2. The highest BCUT2D eigenvalue weighted by Gasteiger charge is 2.28. The van der Waals surface area contributed by atoms with E-state index in [1.807, 2.05) is 0 Å². The lowest BCUT2D eigenvalue weighted by molar-refractivity contribution is 0.202. The molecule has 2 aliphatic heterocycles. The molecule has 1 fully saturated rings. The van der Waals surface area contributed by atoms with Crippen LogP contribution in [0.25, 0.3) is 0 Å². The van der Waals surface area contributed by atoms with E-state index in [1.54, 1.807) is 0 Å². The first-order valence-electron chi connectivity index (χ1n) is 7.94. The van der Waals surface area contributed by atoms with Gasteiger partial charge in [0.15, 0.2) is 0 Å². The summed E-state index contributed by atoms with van der Waals surface area (Å²) < 4.78 is 2.40. The fraction of sp³-hybridized carbons (Fsp3) is 0.812. The van der Waals surface area contributed by atoms with Crippen LogP contribution in [-0.2, 0) is 19.4 Å². The Morgan fingerprint density at radius 2 is 2.21 bits per heavy atom. The molecule has 3 heteroatoms. The van der Waals surface area contributed by atoms with Gasteiger partial charge in [0.1, 0.15) is 5.82 Å². The van der Waals surface area contributed by atoms with Crippen molar-refractivity contribution in [2.24, 2.45) is 5.92 Å². The third-order valence-corrected chi connectivity index (χ3v) is 4.81. The Morgan fingerprint density at radius 3 is 3.00 bits per heavy atom. The van der Waals surface area contributed by atoms with E-state index in [2.05, 4.69) is 36.4 Å². The largest absolute Gasteiger partial charge is 0.334 e. The zero-order chi connectivity index (χ0) is 13.4. The van der Waals surface area contributed by atoms with Gasteiger partial charge in [-0.15, -0.1) is 0 Å². The van der Waals surface area contributed by atoms with Crippen molar-refractivity contribution < 1.29 is 0 Å². The second kappa shape index (κ2) is 5.28. The summed E-state index contributed by atoms with van der Waals surface area (Å²) in [5.41, 5.74) is 1.32. The maximum Gasteiger partial charge on any atom is 0.108 e. The summed E-state index contributed by atoms with van der Waals surface area (Å²) in [5, 5.41) is 0. The molecule has 0 aliphatic carbocycles. The van der Waals surface area contributed by atoms with Crippen LogP contribution in [0.2, 0.25) is 0 Å². The SMILES string of the molecule is CC1CCc2nc(CC3CCCN3C(C)C)cn2C1. The zero-order valence-electron chi connectivity index (χ0n) is 12.6. The van der Waals surface area contributed by atoms with Crippen LogP contribution in [0.5, 0.6) is 0 Å². The minimum Gasteiger partial charge on any atom is -0.334 e. The van der Waals surface area contributed by atoms with Gasteiger partial charge in [-0.2, -0.15) is 0 Å². The fourth-order valence-electron chi connectivity index (χ4n) is 3.77. The number of aryl methyl sites for hydroxylation is 1. The van der Waals surface area contributed by atoms with Gasteiger partial charge in [-0.3, -0.25) is 4.90 Å². The molecular weight excluding hydrogens is 234 g/mol. The van der Waals surface area contributed by atoms with Crippen LogP contribution in [-0.4, -0.2) is 33.1 Å². The minimum absolute atomic E-state index is 0.671. The quantitative estimate of drug-likeness (QED) is 0.834. The van der Waals surface area contributed by atoms with E-state index < -0.39 is 0 Å². The summed E-state index contributed by atoms with van der Waals surface area (Å²) in [4.78, 5) is 7.53. The standard InChI is InChI=1S/C16H27N3/c1-12(2)19-8-4-5-15(19)9-14-11-18-10-13(3)6-7-16(18)17-14/h11-13,15H,4-10H2,1-3H3. The first-order valence-corrected chi connectivity index (χ1v) is 7.94. The Labute approximate surface area is 117 Å². The molecule has 2 aliphatic rings. The first-order chi connectivity index (χ1) is 9.13. The highest BCUT2D eigenvalue weighted by Crippen LogP contribution is 2.25. The topological polar surface area (TPSA) is 21.1 Å². The molecule has 0 radical (unpaired) electrons. The lowest BCUT2D eigenvalue weighted by Gasteiger charge is -2.27. The number of hydrogen-bond donors (Lipinski definition) is 0. The third-order valence-electron chi connectivity index (χ3n) is 4.81. The molecule has 0 aromatic carbocycles. The van der Waals surface area contributed by atoms with Gasteiger partial charge in [0.05, 0.1) is 5.69 Å². The van der Waals surface area contributed by atoms with Crippen LogP contribution in [0, 0.1) is 5.92 Å². The summed E-state index contributed by atoms with van der Waals surface area (Å²) in [6.45, 7) is 9.42. The highest BCUT2D eigenvalue weighted by atomic mass is 15.2. The van der Waals surface area contributed by atoms with Crippen molar-refractivity contribution in [2.75, 3.05) is 6.54 Å². The van der Waals surface area contributed by atoms with Crippen molar-refractivity contribution in [1.29, 1.82) is 0 Å². The van der Waals surface area contributed by atoms with E-state index in [9.17, 15) is 0 Å². The van der Waals surface area contributed by atoms with Crippen molar-refractivity contribution >= 4 is 0 Å². The molecule has 3 rings (SSSR count). The van der Waals surface area contributed by atoms with E-state index >= 15 is 0 Å². The van der Waals surface area contributed by atoms with E-state index in [0.29, 0.717) is 6.04 Å². The van der Waals surface area contributed by atoms with Gasteiger partial charge in [-0.05, 0) is 45.6 Å². The maximum absolute atomic E-state index is 4.88. The summed E-state index contributed by atoms with van der Waals surface area (Å²) >= 11 is 0. The molecule has 0 saturated carbocycles. The molecule has 1 aromatic heterocycles. The fourth-order valence-corrected chi connectivity index (χ4v) is 3.77. The maximum atomic E-state index is 4.88. The van der Waals surface area contributed by atoms with E-state index in [4.69, 9.17) is 4.98 Å². The van der Waals surface area contributed by atoms with Crippen LogP contribution in [0.1, 0.15) is 51.6 Å². The number of hydrogen-bond acceptors (Lipinski definition) is 2. The molecule has 0 amide bonds. The third kappa shape index (κ3) is 2.71. The van der Waals surface area contributed by atoms with Crippen LogP contribution in [0.15, 0.2) is 6.20 Å². The van der Waals surface area contributed by atoms with Crippen molar-refractivity contribution in [3.05, 3.63) is 17.7 Å². The summed E-state index contributed by atoms with van der Waals surface area (Å²) in [6, 6.07) is 1.39. The monoisotopic (exact) mass is 261 g/mol. The average molecular weight is 261 g/mol. The molecule has 2 unspecified atom stereocenters. The van der Waals surface area contributed by atoms with Crippen LogP contribution < -0.4 is 0 Å². The molecule has 106 valence electrons. The van der Waals surface area contributed by atoms with Gasteiger partial charge in [-0.1, -0.05) is 6.92 Å². The smallest absolute Gasteiger partial charge is 0.108 e. The molecule has 0 N–H and O–H groups in total. The average Bonchev–Trinajstić information content (AvgIpc) is 2.95. The summed E-state index contributed by atoms with van der Waals surface area (Å²) in [5.74, 6) is 2.13. The molecule has 1 saturated heterocycles. The van der Waals surface area contributed by atoms with Crippen LogP contribution >= 0.6 is 0 Å². The Balaban J connectivity index is 1.70. The molecule has 0 bridgehead atoms. The molecular formula is C16H27N3. The molecule has 0 spiro atoms. The van der Waals surface area contributed by atoms with Gasteiger partial charge in [0.2, 0.25) is 0 Å². The lowest BCUT2D eigenvalue weighted by atomic mass is 10.0. The van der Waals surface area contributed by atoms with Gasteiger partial charge in [0.25, 0.3) is 0 Å². The lowest BCUT2D eigenvalue weighted by Crippen LogP contribution is -2.36. The number of fused-ring (bicyclic) bond motifs is 1. The number of likely N-dealkylation sites (tertiary alicyclic amines) is 1. The normalized spacial score (nSPS) is 28.0. The van der Waals surface area contributed by atoms with Crippen molar-refractivity contribution in [2.45, 2.75) is 71.5 Å².